The Hall–Kier alpha value is -3.38. The van der Waals surface area contributed by atoms with E-state index in [2.05, 4.69) is 35.0 Å². The van der Waals surface area contributed by atoms with Gasteiger partial charge in [0.2, 0.25) is 5.95 Å². The van der Waals surface area contributed by atoms with Crippen molar-refractivity contribution in [1.82, 2.24) is 24.5 Å². The molecule has 4 rings (SSSR count). The zero-order chi connectivity index (χ0) is 22.6. The molecular weight excluding hydrogens is 427 g/mol. The van der Waals surface area contributed by atoms with Crippen molar-refractivity contribution >= 4 is 17.5 Å². The predicted molar refractivity (Wildman–Crippen MR) is 111 cm³/mol. The summed E-state index contributed by atoms with van der Waals surface area (Å²) >= 11 is 0. The highest BCUT2D eigenvalue weighted by molar-refractivity contribution is 5.58. The van der Waals surface area contributed by atoms with E-state index in [1.54, 1.807) is 12.3 Å². The van der Waals surface area contributed by atoms with Gasteiger partial charge in [-0.2, -0.15) is 0 Å². The number of nitrogens with zero attached hydrogens (tertiary/aromatic N) is 6. The van der Waals surface area contributed by atoms with Crippen molar-refractivity contribution in [2.24, 2.45) is 0 Å². The molecule has 1 N–H and O–H groups in total. The molecule has 2 aromatic heterocycles. The first-order chi connectivity index (χ1) is 15.4. The zero-order valence-corrected chi connectivity index (χ0v) is 17.3. The van der Waals surface area contributed by atoms with E-state index in [0.717, 1.165) is 19.6 Å². The van der Waals surface area contributed by atoms with E-state index < -0.39 is 6.36 Å². The number of ether oxygens (including phenoxy) is 2. The summed E-state index contributed by atoms with van der Waals surface area (Å²) in [5, 5.41) is 7.33. The molecule has 3 heterocycles. The zero-order valence-electron chi connectivity index (χ0n) is 17.3. The van der Waals surface area contributed by atoms with Gasteiger partial charge in [-0.3, -0.25) is 9.58 Å². The molecule has 0 radical (unpaired) electrons. The Morgan fingerprint density at radius 3 is 2.56 bits per heavy atom. The number of rotatable bonds is 7. The first-order valence-corrected chi connectivity index (χ1v) is 10.0. The maximum atomic E-state index is 12.3. The van der Waals surface area contributed by atoms with Crippen LogP contribution in [0.25, 0.3) is 5.82 Å². The number of morpholine rings is 1. The lowest BCUT2D eigenvalue weighted by atomic mass is 10.3. The van der Waals surface area contributed by atoms with E-state index in [4.69, 9.17) is 4.74 Å². The SMILES string of the molecule is CCN(c1nccn1-c1cc(Nc2ccc(OC(F)(F)F)cc2)ncn1)N1CCOCC1. The maximum absolute atomic E-state index is 12.3. The number of hydrogen-bond donors (Lipinski definition) is 1. The van der Waals surface area contributed by atoms with Crippen LogP contribution in [0.2, 0.25) is 0 Å². The highest BCUT2D eigenvalue weighted by Crippen LogP contribution is 2.26. The van der Waals surface area contributed by atoms with Gasteiger partial charge in [0, 0.05) is 43.8 Å². The third-order valence-corrected chi connectivity index (χ3v) is 4.74. The molecule has 0 amide bonds. The maximum Gasteiger partial charge on any atom is 0.573 e. The summed E-state index contributed by atoms with van der Waals surface area (Å²) < 4.78 is 48.2. The van der Waals surface area contributed by atoms with Crippen LogP contribution in [0.5, 0.6) is 5.75 Å². The number of hydrogen-bond acceptors (Lipinski definition) is 8. The Bertz CT molecular complexity index is 1020. The Kier molecular flexibility index (Phi) is 6.42. The number of hydrazine groups is 1. The number of imidazole rings is 1. The lowest BCUT2D eigenvalue weighted by Gasteiger charge is -2.37. The molecule has 0 saturated carbocycles. The molecular formula is C20H22F3N7O2. The average Bonchev–Trinajstić information content (AvgIpc) is 3.25. The van der Waals surface area contributed by atoms with Gasteiger partial charge in [0.1, 0.15) is 23.7 Å². The normalized spacial score (nSPS) is 14.9. The van der Waals surface area contributed by atoms with Crippen LogP contribution < -0.4 is 15.1 Å². The van der Waals surface area contributed by atoms with Crippen molar-refractivity contribution in [2.75, 3.05) is 43.2 Å². The van der Waals surface area contributed by atoms with Crippen molar-refractivity contribution < 1.29 is 22.6 Å². The molecule has 1 aliphatic rings. The third-order valence-electron chi connectivity index (χ3n) is 4.74. The number of benzene rings is 1. The quantitative estimate of drug-likeness (QED) is 0.588. The number of anilines is 3. The van der Waals surface area contributed by atoms with Crippen molar-refractivity contribution in [2.45, 2.75) is 13.3 Å². The van der Waals surface area contributed by atoms with Crippen LogP contribution in [0.1, 0.15) is 6.92 Å². The fourth-order valence-electron chi connectivity index (χ4n) is 3.36. The largest absolute Gasteiger partial charge is 0.573 e. The van der Waals surface area contributed by atoms with E-state index in [1.165, 1.54) is 30.6 Å². The number of halogens is 3. The Morgan fingerprint density at radius 1 is 1.12 bits per heavy atom. The molecule has 12 heteroatoms. The molecule has 1 saturated heterocycles. The summed E-state index contributed by atoms with van der Waals surface area (Å²) in [5.41, 5.74) is 0.554. The molecule has 1 aliphatic heterocycles. The summed E-state index contributed by atoms with van der Waals surface area (Å²) in [7, 11) is 0. The van der Waals surface area contributed by atoms with Gasteiger partial charge in [-0.15, -0.1) is 13.2 Å². The van der Waals surface area contributed by atoms with Gasteiger partial charge in [0.05, 0.1) is 13.2 Å². The second-order valence-corrected chi connectivity index (χ2v) is 6.84. The van der Waals surface area contributed by atoms with Crippen LogP contribution in [-0.2, 0) is 4.74 Å². The van der Waals surface area contributed by atoms with Gasteiger partial charge >= 0.3 is 6.36 Å². The molecule has 0 atom stereocenters. The Labute approximate surface area is 182 Å². The van der Waals surface area contributed by atoms with Gasteiger partial charge in [-0.25, -0.2) is 20.0 Å². The molecule has 0 bridgehead atoms. The summed E-state index contributed by atoms with van der Waals surface area (Å²) in [5.74, 6) is 1.50. The van der Waals surface area contributed by atoms with E-state index in [0.29, 0.717) is 36.5 Å². The molecule has 9 nitrogen and oxygen atoms in total. The molecule has 0 unspecified atom stereocenters. The second-order valence-electron chi connectivity index (χ2n) is 6.84. The molecule has 3 aromatic rings. The lowest BCUT2D eigenvalue weighted by Crippen LogP contribution is -2.49. The summed E-state index contributed by atoms with van der Waals surface area (Å²) in [6.07, 6.45) is 0.195. The predicted octanol–water partition coefficient (Wildman–Crippen LogP) is 3.38. The van der Waals surface area contributed by atoms with Gasteiger partial charge in [0.25, 0.3) is 0 Å². The Balaban J connectivity index is 1.52. The van der Waals surface area contributed by atoms with Crippen LogP contribution in [-0.4, -0.2) is 63.7 Å². The van der Waals surface area contributed by atoms with E-state index >= 15 is 0 Å². The van der Waals surface area contributed by atoms with E-state index in [1.807, 2.05) is 17.7 Å². The number of alkyl halides is 3. The van der Waals surface area contributed by atoms with Gasteiger partial charge in [-0.05, 0) is 31.2 Å². The number of aromatic nitrogens is 4. The fraction of sp³-hybridized carbons (Fsp3) is 0.350. The second kappa shape index (κ2) is 9.40. The van der Waals surface area contributed by atoms with Crippen molar-refractivity contribution in [3.8, 4) is 11.6 Å². The van der Waals surface area contributed by atoms with E-state index in [9.17, 15) is 13.2 Å². The molecule has 1 aromatic carbocycles. The number of nitrogens with one attached hydrogen (secondary N) is 1. The van der Waals surface area contributed by atoms with Crippen molar-refractivity contribution in [3.05, 3.63) is 49.1 Å². The standard InChI is InChI=1S/C20H22F3N7O2/c1-2-30(28-9-11-31-12-10-28)19-24-7-8-29(19)18-13-17(25-14-26-18)27-15-3-5-16(6-4-15)32-20(21,22)23/h3-8,13-14H,2,9-12H2,1H3,(H,25,26,27). The highest BCUT2D eigenvalue weighted by Gasteiger charge is 2.31. The van der Waals surface area contributed by atoms with Crippen LogP contribution in [0.4, 0.5) is 30.6 Å². The van der Waals surface area contributed by atoms with Crippen LogP contribution >= 0.6 is 0 Å². The van der Waals surface area contributed by atoms with Crippen LogP contribution in [0, 0.1) is 0 Å². The third kappa shape index (κ3) is 5.26. The molecule has 170 valence electrons. The van der Waals surface area contributed by atoms with Crippen molar-refractivity contribution in [1.29, 1.82) is 0 Å². The summed E-state index contributed by atoms with van der Waals surface area (Å²) in [6, 6.07) is 7.14. The average molecular weight is 449 g/mol. The smallest absolute Gasteiger partial charge is 0.406 e. The van der Waals surface area contributed by atoms with Gasteiger partial charge in [-0.1, -0.05) is 0 Å². The molecule has 0 aliphatic carbocycles. The van der Waals surface area contributed by atoms with Crippen molar-refractivity contribution in [3.63, 3.8) is 0 Å². The highest BCUT2D eigenvalue weighted by atomic mass is 19.4. The van der Waals surface area contributed by atoms with Crippen LogP contribution in [0.3, 0.4) is 0 Å². The lowest BCUT2D eigenvalue weighted by molar-refractivity contribution is -0.274. The summed E-state index contributed by atoms with van der Waals surface area (Å²) in [4.78, 5) is 13.1. The Morgan fingerprint density at radius 2 is 1.88 bits per heavy atom. The van der Waals surface area contributed by atoms with E-state index in [-0.39, 0.29) is 5.75 Å². The first kappa shape index (κ1) is 21.8. The van der Waals surface area contributed by atoms with Crippen LogP contribution in [0.15, 0.2) is 49.1 Å². The minimum Gasteiger partial charge on any atom is -0.406 e. The minimum absolute atomic E-state index is 0.294. The first-order valence-electron chi connectivity index (χ1n) is 10.0. The minimum atomic E-state index is -4.73. The molecule has 32 heavy (non-hydrogen) atoms. The molecule has 1 fully saturated rings. The van der Waals surface area contributed by atoms with Gasteiger partial charge in [0.15, 0.2) is 0 Å². The fourth-order valence-corrected chi connectivity index (χ4v) is 3.36. The van der Waals surface area contributed by atoms with Gasteiger partial charge < -0.3 is 14.8 Å². The molecule has 0 spiro atoms. The summed E-state index contributed by atoms with van der Waals surface area (Å²) in [6.45, 7) is 5.63. The topological polar surface area (TPSA) is 80.6 Å². The monoisotopic (exact) mass is 449 g/mol.